The first-order chi connectivity index (χ1) is 13.2. The van der Waals surface area contributed by atoms with E-state index in [1.807, 2.05) is 27.7 Å². The molecular weight excluding hydrogens is 404 g/mol. The number of thioether (sulfide) groups is 1. The van der Waals surface area contributed by atoms with E-state index in [9.17, 15) is 4.79 Å². The molecule has 162 valence electrons. The number of hydrogen-bond acceptors (Lipinski definition) is 5. The van der Waals surface area contributed by atoms with Gasteiger partial charge in [0.25, 0.3) is 0 Å². The fraction of sp³-hybridized carbons (Fsp3) is 0.571. The second-order valence-electron chi connectivity index (χ2n) is 7.57. The van der Waals surface area contributed by atoms with Gasteiger partial charge in [-0.2, -0.15) is 0 Å². The number of hydrogen-bond donors (Lipinski definition) is 1. The van der Waals surface area contributed by atoms with E-state index in [4.69, 9.17) is 22.7 Å². The molecular formula is C21H34N4O2S2. The van der Waals surface area contributed by atoms with Crippen molar-refractivity contribution in [1.29, 1.82) is 0 Å². The van der Waals surface area contributed by atoms with Crippen molar-refractivity contribution in [3.8, 4) is 0 Å². The van der Waals surface area contributed by atoms with Crippen molar-refractivity contribution in [1.82, 2.24) is 4.90 Å². The van der Waals surface area contributed by atoms with Crippen LogP contribution >= 0.6 is 24.0 Å². The highest BCUT2D eigenvalue weighted by Crippen LogP contribution is 2.19. The number of rotatable bonds is 4. The Labute approximate surface area is 184 Å². The molecule has 0 aromatic heterocycles. The smallest absolute Gasteiger partial charge is 0.410 e. The summed E-state index contributed by atoms with van der Waals surface area (Å²) in [6.07, 6.45) is 0.365. The lowest BCUT2D eigenvalue weighted by Gasteiger charge is -2.36. The van der Waals surface area contributed by atoms with Gasteiger partial charge in [0, 0.05) is 38.3 Å². The van der Waals surface area contributed by atoms with Crippen LogP contribution in [0.25, 0.3) is 0 Å². The van der Waals surface area contributed by atoms with E-state index < -0.39 is 5.60 Å². The van der Waals surface area contributed by atoms with Crippen molar-refractivity contribution in [3.05, 3.63) is 29.8 Å². The number of carbonyl (C=O) groups excluding carboxylic acids is 1. The van der Waals surface area contributed by atoms with Crippen molar-refractivity contribution < 1.29 is 9.53 Å². The molecule has 0 spiro atoms. The van der Waals surface area contributed by atoms with E-state index in [0.29, 0.717) is 29.7 Å². The molecule has 1 fully saturated rings. The molecule has 0 aliphatic carbocycles. The molecule has 0 radical (unpaired) electrons. The normalized spacial score (nSPS) is 15.0. The molecule has 0 bridgehead atoms. The first-order valence-corrected chi connectivity index (χ1v) is 10.9. The molecule has 0 unspecified atom stereocenters. The van der Waals surface area contributed by atoms with Crippen molar-refractivity contribution in [2.45, 2.75) is 47.1 Å². The fourth-order valence-electron chi connectivity index (χ4n) is 2.82. The average Bonchev–Trinajstić information content (AvgIpc) is 2.61. The summed E-state index contributed by atoms with van der Waals surface area (Å²) in [5.41, 5.74) is 7.60. The predicted molar refractivity (Wildman–Crippen MR) is 129 cm³/mol. The maximum absolute atomic E-state index is 12.2. The Morgan fingerprint density at radius 1 is 1.21 bits per heavy atom. The van der Waals surface area contributed by atoms with E-state index in [2.05, 4.69) is 34.2 Å². The summed E-state index contributed by atoms with van der Waals surface area (Å²) in [6, 6.07) is 8.32. The van der Waals surface area contributed by atoms with Crippen LogP contribution in [0, 0.1) is 0 Å². The first kappa shape index (κ1) is 25.2. The lowest BCUT2D eigenvalue weighted by atomic mass is 10.1. The van der Waals surface area contributed by atoms with Crippen LogP contribution in [0.1, 0.15) is 40.7 Å². The third-order valence-electron chi connectivity index (χ3n) is 4.12. The zero-order valence-electron chi connectivity index (χ0n) is 17.1. The molecule has 1 heterocycles. The van der Waals surface area contributed by atoms with Gasteiger partial charge in [-0.25, -0.2) is 9.79 Å². The number of anilines is 1. The third kappa shape index (κ3) is 8.62. The summed E-state index contributed by atoms with van der Waals surface area (Å²) in [5, 5.41) is 0.520. The molecule has 1 aliphatic heterocycles. The fourth-order valence-corrected chi connectivity index (χ4v) is 3.61. The molecule has 1 aromatic carbocycles. The van der Waals surface area contributed by atoms with E-state index >= 15 is 0 Å². The second-order valence-corrected chi connectivity index (χ2v) is 9.33. The molecule has 1 amide bonds. The Morgan fingerprint density at radius 3 is 2.31 bits per heavy atom. The number of thiocarbonyl (C=S) groups is 1. The third-order valence-corrected chi connectivity index (χ3v) is 5.03. The molecule has 1 aliphatic rings. The molecule has 29 heavy (non-hydrogen) atoms. The summed E-state index contributed by atoms with van der Waals surface area (Å²) in [5.74, 6) is 0.883. The maximum Gasteiger partial charge on any atom is 0.410 e. The Hall–Kier alpha value is -1.80. The topological polar surface area (TPSA) is 71.2 Å². The highest BCUT2D eigenvalue weighted by molar-refractivity contribution is 8.13. The number of nitrogens with zero attached hydrogens (tertiary/aromatic N) is 3. The molecule has 1 saturated heterocycles. The van der Waals surface area contributed by atoms with Gasteiger partial charge < -0.3 is 20.3 Å². The summed E-state index contributed by atoms with van der Waals surface area (Å²) < 4.78 is 5.45. The highest BCUT2D eigenvalue weighted by Gasteiger charge is 2.25. The standard InChI is InChI=1S/C20H30N4O2S2.CH4/c1-5-28-18(21)22-17(27)14-15-6-8-16(9-7-15)23-10-12-24(13-11-23)19(25)26-20(2,3)4;/h6-9H,5,10-14H2,1-4H3,(H2,21,22,27);1H4. The minimum Gasteiger partial charge on any atom is -0.444 e. The van der Waals surface area contributed by atoms with Crippen LogP contribution in [0.5, 0.6) is 0 Å². The van der Waals surface area contributed by atoms with Gasteiger partial charge in [0.2, 0.25) is 0 Å². The van der Waals surface area contributed by atoms with Crippen LogP contribution in [0.3, 0.4) is 0 Å². The molecule has 8 heteroatoms. The lowest BCUT2D eigenvalue weighted by molar-refractivity contribution is 0.0240. The van der Waals surface area contributed by atoms with Crippen LogP contribution in [-0.2, 0) is 11.2 Å². The van der Waals surface area contributed by atoms with Gasteiger partial charge in [0.1, 0.15) is 10.6 Å². The number of ether oxygens (including phenoxy) is 1. The highest BCUT2D eigenvalue weighted by atomic mass is 32.2. The Morgan fingerprint density at radius 2 is 1.79 bits per heavy atom. The van der Waals surface area contributed by atoms with Gasteiger partial charge in [0.05, 0.1) is 0 Å². The van der Waals surface area contributed by atoms with E-state index in [0.717, 1.165) is 30.1 Å². The van der Waals surface area contributed by atoms with Crippen LogP contribution in [0.2, 0.25) is 0 Å². The van der Waals surface area contributed by atoms with Crippen molar-refractivity contribution in [2.75, 3.05) is 36.8 Å². The molecule has 2 rings (SSSR count). The summed E-state index contributed by atoms with van der Waals surface area (Å²) in [4.78, 5) is 21.1. The van der Waals surface area contributed by atoms with Crippen molar-refractivity contribution in [2.24, 2.45) is 10.7 Å². The van der Waals surface area contributed by atoms with E-state index in [1.54, 1.807) is 4.90 Å². The van der Waals surface area contributed by atoms with Crippen molar-refractivity contribution in [3.63, 3.8) is 0 Å². The largest absolute Gasteiger partial charge is 0.444 e. The zero-order valence-corrected chi connectivity index (χ0v) is 18.7. The molecule has 0 atom stereocenters. The Bertz CT molecular complexity index is 706. The van der Waals surface area contributed by atoms with Crippen LogP contribution in [-0.4, -0.2) is 58.7 Å². The quantitative estimate of drug-likeness (QED) is 0.429. The van der Waals surface area contributed by atoms with Gasteiger partial charge >= 0.3 is 6.09 Å². The number of nitrogens with two attached hydrogens (primary N) is 1. The number of carbonyl (C=O) groups is 1. The lowest BCUT2D eigenvalue weighted by Crippen LogP contribution is -2.50. The molecule has 6 nitrogen and oxygen atoms in total. The average molecular weight is 439 g/mol. The van der Waals surface area contributed by atoms with Gasteiger partial charge in [-0.05, 0) is 44.2 Å². The minimum atomic E-state index is -0.464. The van der Waals surface area contributed by atoms with Gasteiger partial charge in [0.15, 0.2) is 5.17 Å². The van der Waals surface area contributed by atoms with Crippen LogP contribution < -0.4 is 10.6 Å². The molecule has 1 aromatic rings. The van der Waals surface area contributed by atoms with Crippen LogP contribution in [0.15, 0.2) is 29.3 Å². The van der Waals surface area contributed by atoms with Gasteiger partial charge in [-0.1, -0.05) is 50.5 Å². The maximum atomic E-state index is 12.2. The minimum absolute atomic E-state index is 0. The number of amides is 1. The molecule has 0 saturated carbocycles. The number of aliphatic imine (C=N–C) groups is 1. The monoisotopic (exact) mass is 438 g/mol. The van der Waals surface area contributed by atoms with Crippen molar-refractivity contribution >= 4 is 45.9 Å². The van der Waals surface area contributed by atoms with E-state index in [1.165, 1.54) is 11.8 Å². The van der Waals surface area contributed by atoms with E-state index in [-0.39, 0.29) is 13.5 Å². The SMILES string of the molecule is C.CCSC(N)=NC(=S)Cc1ccc(N2CCN(C(=O)OC(C)(C)C)CC2)cc1. The molecule has 2 N–H and O–H groups in total. The number of amidine groups is 1. The Kier molecular flexibility index (Phi) is 9.92. The van der Waals surface area contributed by atoms with Crippen LogP contribution in [0.4, 0.5) is 10.5 Å². The summed E-state index contributed by atoms with van der Waals surface area (Å²) >= 11 is 6.81. The summed E-state index contributed by atoms with van der Waals surface area (Å²) in [6.45, 7) is 10.6. The second kappa shape index (κ2) is 11.4. The van der Waals surface area contributed by atoms with Gasteiger partial charge in [-0.3, -0.25) is 0 Å². The summed E-state index contributed by atoms with van der Waals surface area (Å²) in [7, 11) is 0. The Balaban J connectivity index is 0.00000420. The zero-order chi connectivity index (χ0) is 20.7. The number of benzene rings is 1. The predicted octanol–water partition coefficient (Wildman–Crippen LogP) is 4.32. The van der Waals surface area contributed by atoms with Gasteiger partial charge in [-0.15, -0.1) is 0 Å². The number of piperazine rings is 1. The first-order valence-electron chi connectivity index (χ1n) is 9.49.